The lowest BCUT2D eigenvalue weighted by Gasteiger charge is -2.40. The summed E-state index contributed by atoms with van der Waals surface area (Å²) in [6, 6.07) is 14.6. The zero-order valence-electron chi connectivity index (χ0n) is 20.3. The van der Waals surface area contributed by atoms with Crippen LogP contribution in [0.1, 0.15) is 67.5 Å². The van der Waals surface area contributed by atoms with E-state index in [0.717, 1.165) is 58.3 Å². The second-order valence-electron chi connectivity index (χ2n) is 8.86. The number of nitrogens with zero attached hydrogens (tertiary/aromatic N) is 1. The maximum absolute atomic E-state index is 5.94. The van der Waals surface area contributed by atoms with Crippen molar-refractivity contribution in [1.29, 1.82) is 0 Å². The minimum absolute atomic E-state index is 0.230. The highest BCUT2D eigenvalue weighted by Gasteiger charge is 2.31. The van der Waals surface area contributed by atoms with Crippen molar-refractivity contribution in [2.75, 3.05) is 20.2 Å². The lowest BCUT2D eigenvalue weighted by molar-refractivity contribution is -0.00936. The van der Waals surface area contributed by atoms with E-state index >= 15 is 0 Å². The first-order valence-electron chi connectivity index (χ1n) is 12.3. The molecule has 2 unspecified atom stereocenters. The van der Waals surface area contributed by atoms with Crippen molar-refractivity contribution < 1.29 is 4.74 Å². The van der Waals surface area contributed by atoms with Crippen LogP contribution in [0.15, 0.2) is 36.4 Å². The van der Waals surface area contributed by atoms with Crippen LogP contribution in [0.2, 0.25) is 0 Å². The van der Waals surface area contributed by atoms with Crippen LogP contribution in [0.3, 0.4) is 0 Å². The van der Waals surface area contributed by atoms with E-state index < -0.39 is 0 Å². The highest BCUT2D eigenvalue weighted by atomic mass is 16.5. The molecule has 1 N–H and O–H groups in total. The SMILES string of the molecule is CCc1ccc(CN(Cc2ccc(CC)cc2CC)C2CCNCC2OC)c(CC)c1. The predicted octanol–water partition coefficient (Wildman–Crippen LogP) is 5.32. The maximum atomic E-state index is 5.94. The molecule has 0 aromatic heterocycles. The number of methoxy groups -OCH3 is 1. The molecule has 2 aromatic rings. The molecule has 0 radical (unpaired) electrons. The van der Waals surface area contributed by atoms with Crippen molar-refractivity contribution >= 4 is 0 Å². The highest BCUT2D eigenvalue weighted by Crippen LogP contribution is 2.25. The molecule has 1 saturated heterocycles. The number of ether oxygens (including phenoxy) is 1. The third-order valence-corrected chi connectivity index (χ3v) is 7.03. The summed E-state index contributed by atoms with van der Waals surface area (Å²) in [6.45, 7) is 13.0. The van der Waals surface area contributed by atoms with Gasteiger partial charge in [0.2, 0.25) is 0 Å². The molecular formula is C28H42N2O. The Hall–Kier alpha value is -1.68. The summed E-state index contributed by atoms with van der Waals surface area (Å²) in [4.78, 5) is 2.69. The minimum atomic E-state index is 0.230. The molecular weight excluding hydrogens is 380 g/mol. The van der Waals surface area contributed by atoms with E-state index in [1.165, 1.54) is 33.4 Å². The van der Waals surface area contributed by atoms with E-state index in [1.54, 1.807) is 0 Å². The second kappa shape index (κ2) is 11.8. The van der Waals surface area contributed by atoms with Crippen LogP contribution in [0.5, 0.6) is 0 Å². The summed E-state index contributed by atoms with van der Waals surface area (Å²) in [5, 5.41) is 3.52. The number of hydrogen-bond donors (Lipinski definition) is 1. The van der Waals surface area contributed by atoms with Gasteiger partial charge in [-0.25, -0.2) is 0 Å². The quantitative estimate of drug-likeness (QED) is 0.561. The first-order chi connectivity index (χ1) is 15.1. The first-order valence-corrected chi connectivity index (χ1v) is 12.3. The molecule has 0 bridgehead atoms. The number of aryl methyl sites for hydroxylation is 4. The predicted molar refractivity (Wildman–Crippen MR) is 132 cm³/mol. The van der Waals surface area contributed by atoms with E-state index in [4.69, 9.17) is 4.74 Å². The van der Waals surface area contributed by atoms with Crippen molar-refractivity contribution in [3.05, 3.63) is 69.8 Å². The molecule has 170 valence electrons. The summed E-state index contributed by atoms with van der Waals surface area (Å²) < 4.78 is 5.94. The number of benzene rings is 2. The monoisotopic (exact) mass is 422 g/mol. The van der Waals surface area contributed by atoms with Gasteiger partial charge in [-0.1, -0.05) is 64.1 Å². The van der Waals surface area contributed by atoms with Crippen LogP contribution in [0.4, 0.5) is 0 Å². The highest BCUT2D eigenvalue weighted by molar-refractivity contribution is 5.34. The largest absolute Gasteiger partial charge is 0.378 e. The Morgan fingerprint density at radius 3 is 1.81 bits per heavy atom. The van der Waals surface area contributed by atoms with Crippen molar-refractivity contribution in [2.45, 2.75) is 85.0 Å². The number of nitrogens with one attached hydrogen (secondary N) is 1. The third-order valence-electron chi connectivity index (χ3n) is 7.03. The summed E-state index contributed by atoms with van der Waals surface area (Å²) >= 11 is 0. The lowest BCUT2D eigenvalue weighted by atomic mass is 9.95. The zero-order valence-corrected chi connectivity index (χ0v) is 20.3. The molecule has 3 heteroatoms. The van der Waals surface area contributed by atoms with Gasteiger partial charge < -0.3 is 10.1 Å². The first kappa shape index (κ1) is 24.0. The van der Waals surface area contributed by atoms with Gasteiger partial charge >= 0.3 is 0 Å². The zero-order chi connectivity index (χ0) is 22.2. The van der Waals surface area contributed by atoms with E-state index in [2.05, 4.69) is 74.3 Å². The van der Waals surface area contributed by atoms with E-state index in [0.29, 0.717) is 6.04 Å². The van der Waals surface area contributed by atoms with Crippen molar-refractivity contribution in [3.8, 4) is 0 Å². The number of hydrogen-bond acceptors (Lipinski definition) is 3. The summed E-state index contributed by atoms with van der Waals surface area (Å²) in [6.07, 6.45) is 5.72. The van der Waals surface area contributed by atoms with Gasteiger partial charge in [-0.3, -0.25) is 4.90 Å². The molecule has 2 aromatic carbocycles. The minimum Gasteiger partial charge on any atom is -0.378 e. The van der Waals surface area contributed by atoms with Gasteiger partial charge in [0.25, 0.3) is 0 Å². The van der Waals surface area contributed by atoms with Crippen LogP contribution in [-0.2, 0) is 43.5 Å². The average molecular weight is 423 g/mol. The summed E-state index contributed by atoms with van der Waals surface area (Å²) in [5.74, 6) is 0. The molecule has 31 heavy (non-hydrogen) atoms. The van der Waals surface area contributed by atoms with Crippen molar-refractivity contribution in [1.82, 2.24) is 10.2 Å². The molecule has 1 heterocycles. The smallest absolute Gasteiger partial charge is 0.0851 e. The topological polar surface area (TPSA) is 24.5 Å². The number of rotatable bonds is 10. The normalized spacial score (nSPS) is 19.2. The van der Waals surface area contributed by atoms with E-state index in [1.807, 2.05) is 7.11 Å². The van der Waals surface area contributed by atoms with Crippen molar-refractivity contribution in [3.63, 3.8) is 0 Å². The van der Waals surface area contributed by atoms with Gasteiger partial charge in [-0.05, 0) is 72.0 Å². The standard InChI is InChI=1S/C28H42N2O/c1-6-21-10-12-25(23(8-3)16-21)19-30(27-14-15-29-18-28(27)31-5)20-26-13-11-22(7-2)17-24(26)9-4/h10-13,16-17,27-29H,6-9,14-15,18-20H2,1-5H3. The van der Waals surface area contributed by atoms with E-state index in [9.17, 15) is 0 Å². The Balaban J connectivity index is 1.94. The molecule has 1 aliphatic heterocycles. The fourth-order valence-electron chi connectivity index (χ4n) is 4.97. The van der Waals surface area contributed by atoms with Crippen LogP contribution in [-0.4, -0.2) is 37.2 Å². The lowest BCUT2D eigenvalue weighted by Crippen LogP contribution is -2.53. The molecule has 0 saturated carbocycles. The fourth-order valence-corrected chi connectivity index (χ4v) is 4.97. The van der Waals surface area contributed by atoms with Gasteiger partial charge in [-0.2, -0.15) is 0 Å². The van der Waals surface area contributed by atoms with Gasteiger partial charge in [0.15, 0.2) is 0 Å². The van der Waals surface area contributed by atoms with Gasteiger partial charge in [-0.15, -0.1) is 0 Å². The molecule has 3 rings (SSSR count). The molecule has 1 aliphatic rings. The van der Waals surface area contributed by atoms with Crippen molar-refractivity contribution in [2.24, 2.45) is 0 Å². The Morgan fingerprint density at radius 1 is 0.806 bits per heavy atom. The summed E-state index contributed by atoms with van der Waals surface area (Å²) in [5.41, 5.74) is 8.79. The molecule has 0 amide bonds. The van der Waals surface area contributed by atoms with Crippen LogP contribution < -0.4 is 5.32 Å². The Kier molecular flexibility index (Phi) is 9.13. The van der Waals surface area contributed by atoms with E-state index in [-0.39, 0.29) is 6.10 Å². The van der Waals surface area contributed by atoms with Gasteiger partial charge in [0, 0.05) is 32.8 Å². The summed E-state index contributed by atoms with van der Waals surface area (Å²) in [7, 11) is 1.86. The molecule has 0 spiro atoms. The number of piperidine rings is 1. The van der Waals surface area contributed by atoms with Gasteiger partial charge in [0.05, 0.1) is 6.10 Å². The molecule has 0 aliphatic carbocycles. The average Bonchev–Trinajstić information content (AvgIpc) is 2.83. The van der Waals surface area contributed by atoms with Gasteiger partial charge in [0.1, 0.15) is 0 Å². The van der Waals surface area contributed by atoms with Crippen LogP contribution in [0.25, 0.3) is 0 Å². The Morgan fingerprint density at radius 2 is 1.35 bits per heavy atom. The van der Waals surface area contributed by atoms with Crippen LogP contribution >= 0.6 is 0 Å². The maximum Gasteiger partial charge on any atom is 0.0851 e. The second-order valence-corrected chi connectivity index (χ2v) is 8.86. The third kappa shape index (κ3) is 5.97. The molecule has 1 fully saturated rings. The molecule has 2 atom stereocenters. The Labute approximate surface area is 190 Å². The molecule has 3 nitrogen and oxygen atoms in total. The fraction of sp³-hybridized carbons (Fsp3) is 0.571. The Bertz CT molecular complexity index is 774. The van der Waals surface area contributed by atoms with Crippen LogP contribution in [0, 0.1) is 0 Å².